The summed E-state index contributed by atoms with van der Waals surface area (Å²) in [6.07, 6.45) is 0.860. The molecule has 1 aliphatic rings. The molecule has 3 rings (SSSR count). The fraction of sp³-hybridized carbons (Fsp3) is 0.417. The van der Waals surface area contributed by atoms with Crippen LogP contribution in [0.1, 0.15) is 38.3 Å². The molecule has 2 amide bonds. The van der Waals surface area contributed by atoms with Gasteiger partial charge < -0.3 is 19.3 Å². The van der Waals surface area contributed by atoms with Crippen LogP contribution >= 0.6 is 0 Å². The molecule has 2 atom stereocenters. The molecule has 2 aromatic rings. The smallest absolute Gasteiger partial charge is 0.228 e. The summed E-state index contributed by atoms with van der Waals surface area (Å²) < 4.78 is 10.5. The van der Waals surface area contributed by atoms with Crippen LogP contribution in [0.3, 0.4) is 0 Å². The molecule has 0 aliphatic carbocycles. The second-order valence-corrected chi connectivity index (χ2v) is 7.87. The second kappa shape index (κ2) is 9.20. The number of nitrogens with zero attached hydrogens (tertiary/aromatic N) is 2. The number of carbonyl (C=O) groups is 2. The van der Waals surface area contributed by atoms with Crippen LogP contribution in [0.25, 0.3) is 0 Å². The zero-order valence-electron chi connectivity index (χ0n) is 18.3. The van der Waals surface area contributed by atoms with E-state index < -0.39 is 0 Å². The van der Waals surface area contributed by atoms with Crippen molar-refractivity contribution in [3.05, 3.63) is 54.1 Å². The summed E-state index contributed by atoms with van der Waals surface area (Å²) in [5.41, 5.74) is 1.67. The fourth-order valence-corrected chi connectivity index (χ4v) is 3.90. The highest BCUT2D eigenvalue weighted by Crippen LogP contribution is 2.41. The number of rotatable bonds is 6. The molecule has 1 fully saturated rings. The number of methoxy groups -OCH3 is 2. The number of benzene rings is 2. The Balaban J connectivity index is 2.08. The van der Waals surface area contributed by atoms with Crippen LogP contribution in [0.2, 0.25) is 0 Å². The Kier molecular flexibility index (Phi) is 6.65. The van der Waals surface area contributed by atoms with Crippen molar-refractivity contribution in [2.75, 3.05) is 26.2 Å². The van der Waals surface area contributed by atoms with Crippen molar-refractivity contribution in [1.82, 2.24) is 4.90 Å². The van der Waals surface area contributed by atoms with E-state index in [0.717, 1.165) is 22.7 Å². The van der Waals surface area contributed by atoms with Gasteiger partial charge in [-0.2, -0.15) is 0 Å². The van der Waals surface area contributed by atoms with Crippen molar-refractivity contribution >= 4 is 17.5 Å². The summed E-state index contributed by atoms with van der Waals surface area (Å²) in [5, 5.41) is 0. The van der Waals surface area contributed by atoms with Gasteiger partial charge in [-0.3, -0.25) is 9.59 Å². The summed E-state index contributed by atoms with van der Waals surface area (Å²) in [6.45, 7) is 3.99. The lowest BCUT2D eigenvalue weighted by Crippen LogP contribution is -2.49. The Morgan fingerprint density at radius 2 is 1.53 bits per heavy atom. The molecular weight excluding hydrogens is 380 g/mol. The van der Waals surface area contributed by atoms with Gasteiger partial charge in [0.25, 0.3) is 0 Å². The summed E-state index contributed by atoms with van der Waals surface area (Å²) >= 11 is 0. The van der Waals surface area contributed by atoms with E-state index in [2.05, 4.69) is 0 Å². The molecular formula is C24H30N2O4. The van der Waals surface area contributed by atoms with Gasteiger partial charge in [0, 0.05) is 25.2 Å². The maximum absolute atomic E-state index is 13.4. The van der Waals surface area contributed by atoms with Crippen LogP contribution in [0.4, 0.5) is 5.69 Å². The van der Waals surface area contributed by atoms with Crippen LogP contribution in [0, 0.1) is 5.92 Å². The van der Waals surface area contributed by atoms with E-state index in [9.17, 15) is 9.59 Å². The quantitative estimate of drug-likeness (QED) is 0.721. The number of ether oxygens (including phenoxy) is 2. The van der Waals surface area contributed by atoms with Gasteiger partial charge in [-0.05, 0) is 62.2 Å². The highest BCUT2D eigenvalue weighted by Gasteiger charge is 2.42. The number of hydrogen-bond acceptors (Lipinski definition) is 4. The monoisotopic (exact) mass is 410 g/mol. The lowest BCUT2D eigenvalue weighted by molar-refractivity contribution is -0.138. The number of carbonyl (C=O) groups excluding carboxylic acids is 2. The third-order valence-electron chi connectivity index (χ3n) is 5.84. The minimum Gasteiger partial charge on any atom is -0.497 e. The molecule has 0 bridgehead atoms. The largest absolute Gasteiger partial charge is 0.497 e. The Labute approximate surface area is 178 Å². The van der Waals surface area contributed by atoms with E-state index in [-0.39, 0.29) is 29.8 Å². The zero-order valence-corrected chi connectivity index (χ0v) is 18.3. The Morgan fingerprint density at radius 3 is 2.03 bits per heavy atom. The molecule has 6 heteroatoms. The molecule has 2 unspecified atom stereocenters. The van der Waals surface area contributed by atoms with Crippen molar-refractivity contribution in [2.45, 2.75) is 38.8 Å². The van der Waals surface area contributed by atoms with Crippen molar-refractivity contribution in [3.63, 3.8) is 0 Å². The molecule has 1 heterocycles. The summed E-state index contributed by atoms with van der Waals surface area (Å²) in [6, 6.07) is 14.7. The van der Waals surface area contributed by atoms with Gasteiger partial charge in [-0.25, -0.2) is 0 Å². The first-order valence-corrected chi connectivity index (χ1v) is 10.2. The topological polar surface area (TPSA) is 59.1 Å². The van der Waals surface area contributed by atoms with Crippen LogP contribution < -0.4 is 14.4 Å². The van der Waals surface area contributed by atoms with Gasteiger partial charge in [0.15, 0.2) is 0 Å². The fourth-order valence-electron chi connectivity index (χ4n) is 3.90. The summed E-state index contributed by atoms with van der Waals surface area (Å²) in [7, 11) is 5.05. The first-order valence-electron chi connectivity index (χ1n) is 10.2. The lowest BCUT2D eigenvalue weighted by Gasteiger charge is -2.42. The van der Waals surface area contributed by atoms with E-state index in [0.29, 0.717) is 12.8 Å². The average molecular weight is 411 g/mol. The van der Waals surface area contributed by atoms with Gasteiger partial charge in [0.2, 0.25) is 11.8 Å². The van der Waals surface area contributed by atoms with Crippen LogP contribution in [-0.4, -0.2) is 44.0 Å². The second-order valence-electron chi connectivity index (χ2n) is 7.87. The molecule has 1 aliphatic heterocycles. The van der Waals surface area contributed by atoms with Crippen molar-refractivity contribution < 1.29 is 19.1 Å². The molecule has 0 saturated carbocycles. The van der Waals surface area contributed by atoms with E-state index in [1.165, 1.54) is 0 Å². The molecule has 0 N–H and O–H groups in total. The number of hydrogen-bond donors (Lipinski definition) is 0. The van der Waals surface area contributed by atoms with Gasteiger partial charge in [-0.1, -0.05) is 12.1 Å². The number of anilines is 1. The lowest BCUT2D eigenvalue weighted by atomic mass is 9.82. The number of amides is 2. The van der Waals surface area contributed by atoms with E-state index >= 15 is 0 Å². The maximum atomic E-state index is 13.4. The number of piperidine rings is 1. The predicted molar refractivity (Wildman–Crippen MR) is 117 cm³/mol. The highest BCUT2D eigenvalue weighted by molar-refractivity contribution is 5.97. The molecule has 30 heavy (non-hydrogen) atoms. The minimum atomic E-state index is -0.390. The van der Waals surface area contributed by atoms with E-state index in [1.807, 2.05) is 69.4 Å². The van der Waals surface area contributed by atoms with Crippen LogP contribution in [0.15, 0.2) is 48.5 Å². The normalized spacial score (nSPS) is 19.0. The predicted octanol–water partition coefficient (Wildman–Crippen LogP) is 4.05. The Bertz CT molecular complexity index is 877. The molecule has 6 nitrogen and oxygen atoms in total. The Morgan fingerprint density at radius 1 is 1.00 bits per heavy atom. The molecule has 0 spiro atoms. The zero-order chi connectivity index (χ0) is 21.8. The van der Waals surface area contributed by atoms with E-state index in [4.69, 9.17) is 9.47 Å². The molecule has 0 radical (unpaired) electrons. The average Bonchev–Trinajstić information content (AvgIpc) is 2.78. The third-order valence-corrected chi connectivity index (χ3v) is 5.84. The van der Waals surface area contributed by atoms with Crippen molar-refractivity contribution in [3.8, 4) is 11.5 Å². The standard InChI is InChI=1S/C24H30N2O4/c1-16(2)25(3)24(28)21-14-15-22(27)26(18-8-12-20(30-5)13-9-18)23(21)17-6-10-19(29-4)11-7-17/h6-13,16,21,23H,14-15H2,1-5H3. The minimum absolute atomic E-state index is 0.0113. The first-order chi connectivity index (χ1) is 14.4. The van der Waals surface area contributed by atoms with Crippen LogP contribution in [0.5, 0.6) is 11.5 Å². The van der Waals surface area contributed by atoms with Gasteiger partial charge >= 0.3 is 0 Å². The highest BCUT2D eigenvalue weighted by atomic mass is 16.5. The third kappa shape index (κ3) is 4.27. The SMILES string of the molecule is COc1ccc(C2C(C(=O)N(C)C(C)C)CCC(=O)N2c2ccc(OC)cc2)cc1. The van der Waals surface area contributed by atoms with E-state index in [1.54, 1.807) is 24.0 Å². The first kappa shape index (κ1) is 21.7. The van der Waals surface area contributed by atoms with Gasteiger partial charge in [-0.15, -0.1) is 0 Å². The van der Waals surface area contributed by atoms with Gasteiger partial charge in [0.05, 0.1) is 26.2 Å². The Hall–Kier alpha value is -3.02. The van der Waals surface area contributed by atoms with Crippen molar-refractivity contribution in [2.24, 2.45) is 5.92 Å². The molecule has 2 aromatic carbocycles. The summed E-state index contributed by atoms with van der Waals surface area (Å²) in [4.78, 5) is 30.0. The maximum Gasteiger partial charge on any atom is 0.228 e. The molecule has 1 saturated heterocycles. The van der Waals surface area contributed by atoms with Crippen molar-refractivity contribution in [1.29, 1.82) is 0 Å². The summed E-state index contributed by atoms with van der Waals surface area (Å²) in [5.74, 6) is 1.19. The van der Waals surface area contributed by atoms with Crippen LogP contribution in [-0.2, 0) is 9.59 Å². The molecule has 0 aromatic heterocycles. The van der Waals surface area contributed by atoms with Gasteiger partial charge in [0.1, 0.15) is 11.5 Å². The molecule has 160 valence electrons.